The normalized spacial score (nSPS) is 12.2. The number of anilines is 1. The van der Waals surface area contributed by atoms with E-state index in [0.717, 1.165) is 11.8 Å². The predicted molar refractivity (Wildman–Crippen MR) is 80.7 cm³/mol. The topological polar surface area (TPSA) is 97.6 Å². The second-order valence-electron chi connectivity index (χ2n) is 4.37. The second kappa shape index (κ2) is 8.06. The number of hydrazone groups is 1. The zero-order chi connectivity index (χ0) is 15.0. The van der Waals surface area contributed by atoms with Gasteiger partial charge in [0.1, 0.15) is 0 Å². The number of benzene rings is 1. The van der Waals surface area contributed by atoms with Crippen LogP contribution in [0.2, 0.25) is 0 Å². The van der Waals surface area contributed by atoms with E-state index in [4.69, 9.17) is 10.5 Å². The van der Waals surface area contributed by atoms with E-state index in [1.807, 2.05) is 19.9 Å². The van der Waals surface area contributed by atoms with Crippen LogP contribution in [0.25, 0.3) is 0 Å². The van der Waals surface area contributed by atoms with Gasteiger partial charge in [-0.25, -0.2) is 0 Å². The first-order valence-corrected chi connectivity index (χ1v) is 6.42. The Balaban J connectivity index is 2.95. The van der Waals surface area contributed by atoms with Gasteiger partial charge in [0.15, 0.2) is 0 Å². The van der Waals surface area contributed by atoms with Crippen molar-refractivity contribution in [3.63, 3.8) is 0 Å². The van der Waals surface area contributed by atoms with Crippen molar-refractivity contribution in [1.29, 1.82) is 5.41 Å². The zero-order valence-corrected chi connectivity index (χ0v) is 11.7. The fourth-order valence-corrected chi connectivity index (χ4v) is 1.63. The molecular formula is C14H20N4O2. The smallest absolute Gasteiger partial charge is 0.253 e. The highest BCUT2D eigenvalue weighted by atomic mass is 16.3. The average Bonchev–Trinajstić information content (AvgIpc) is 2.46. The van der Waals surface area contributed by atoms with E-state index >= 15 is 0 Å². The minimum atomic E-state index is -0.263. The van der Waals surface area contributed by atoms with Crippen LogP contribution in [0, 0.1) is 12.3 Å². The van der Waals surface area contributed by atoms with E-state index in [-0.39, 0.29) is 18.6 Å². The van der Waals surface area contributed by atoms with Gasteiger partial charge in [-0.15, -0.1) is 0 Å². The molecule has 1 aromatic rings. The number of aliphatic hydroxyl groups is 1. The standard InChI is InChI=1S/C14H20N4O2/c1-3-11(9-19)17-14(20)12-8-10(2)4-5-13(12)18-16-7-6-15/h4-8,11,15,18-19H,3,9H2,1-2H3,(H,17,20)/b15-6?,16-7-. The SMILES string of the molecule is CCC(CO)NC(=O)c1cc(C)ccc1N/N=C\C=N. The van der Waals surface area contributed by atoms with Crippen molar-refractivity contribution < 1.29 is 9.90 Å². The van der Waals surface area contributed by atoms with Crippen molar-refractivity contribution in [1.82, 2.24) is 5.32 Å². The number of nitrogens with one attached hydrogen (secondary N) is 3. The van der Waals surface area contributed by atoms with Crippen LogP contribution in [0.1, 0.15) is 29.3 Å². The molecule has 1 atom stereocenters. The number of carbonyl (C=O) groups is 1. The lowest BCUT2D eigenvalue weighted by Crippen LogP contribution is -2.37. The van der Waals surface area contributed by atoms with E-state index in [2.05, 4.69) is 15.8 Å². The molecule has 0 bridgehead atoms. The summed E-state index contributed by atoms with van der Waals surface area (Å²) < 4.78 is 0. The van der Waals surface area contributed by atoms with Crippen LogP contribution in [-0.4, -0.2) is 36.1 Å². The van der Waals surface area contributed by atoms with Crippen molar-refractivity contribution in [2.24, 2.45) is 5.10 Å². The molecule has 1 rings (SSSR count). The van der Waals surface area contributed by atoms with E-state index in [9.17, 15) is 4.79 Å². The third-order valence-electron chi connectivity index (χ3n) is 2.80. The van der Waals surface area contributed by atoms with Crippen LogP contribution in [0.5, 0.6) is 0 Å². The van der Waals surface area contributed by atoms with Crippen molar-refractivity contribution >= 4 is 24.0 Å². The van der Waals surface area contributed by atoms with E-state index < -0.39 is 0 Å². The van der Waals surface area contributed by atoms with Gasteiger partial charge in [-0.1, -0.05) is 18.6 Å². The highest BCUT2D eigenvalue weighted by molar-refractivity contribution is 6.14. The molecule has 0 aliphatic heterocycles. The Bertz CT molecular complexity index is 496. The molecule has 20 heavy (non-hydrogen) atoms. The largest absolute Gasteiger partial charge is 0.394 e. The fourth-order valence-electron chi connectivity index (χ4n) is 1.63. The van der Waals surface area contributed by atoms with Crippen LogP contribution in [0.4, 0.5) is 5.69 Å². The summed E-state index contributed by atoms with van der Waals surface area (Å²) in [5.41, 5.74) is 4.69. The van der Waals surface area contributed by atoms with E-state index in [1.54, 1.807) is 12.1 Å². The second-order valence-corrected chi connectivity index (χ2v) is 4.37. The summed E-state index contributed by atoms with van der Waals surface area (Å²) >= 11 is 0. The molecule has 0 saturated carbocycles. The molecule has 1 amide bonds. The molecule has 1 aromatic carbocycles. The van der Waals surface area contributed by atoms with E-state index in [0.29, 0.717) is 17.7 Å². The minimum absolute atomic E-state index is 0.0945. The Labute approximate surface area is 118 Å². The molecule has 0 aliphatic carbocycles. The highest BCUT2D eigenvalue weighted by Gasteiger charge is 2.15. The van der Waals surface area contributed by atoms with Gasteiger partial charge >= 0.3 is 0 Å². The van der Waals surface area contributed by atoms with Crippen LogP contribution in [-0.2, 0) is 0 Å². The number of carbonyl (C=O) groups excluding carboxylic acids is 1. The van der Waals surface area contributed by atoms with Gasteiger partial charge in [0.25, 0.3) is 5.91 Å². The van der Waals surface area contributed by atoms with Crippen LogP contribution < -0.4 is 10.7 Å². The maximum atomic E-state index is 12.2. The molecule has 4 N–H and O–H groups in total. The maximum Gasteiger partial charge on any atom is 0.253 e. The first-order chi connectivity index (χ1) is 9.62. The molecular weight excluding hydrogens is 256 g/mol. The van der Waals surface area contributed by atoms with Crippen LogP contribution in [0.15, 0.2) is 23.3 Å². The molecule has 108 valence electrons. The summed E-state index contributed by atoms with van der Waals surface area (Å²) in [5, 5.41) is 22.6. The van der Waals surface area contributed by atoms with E-state index in [1.165, 1.54) is 6.21 Å². The van der Waals surface area contributed by atoms with Gasteiger partial charge in [-0.3, -0.25) is 10.2 Å². The Morgan fingerprint density at radius 1 is 1.55 bits per heavy atom. The molecule has 6 nitrogen and oxygen atoms in total. The third kappa shape index (κ3) is 4.47. The third-order valence-corrected chi connectivity index (χ3v) is 2.80. The lowest BCUT2D eigenvalue weighted by Gasteiger charge is -2.16. The summed E-state index contributed by atoms with van der Waals surface area (Å²) in [4.78, 5) is 12.2. The number of aryl methyl sites for hydroxylation is 1. The molecule has 0 saturated heterocycles. The Morgan fingerprint density at radius 3 is 2.90 bits per heavy atom. The van der Waals surface area contributed by atoms with Crippen molar-refractivity contribution in [2.75, 3.05) is 12.0 Å². The number of aliphatic hydroxyl groups excluding tert-OH is 1. The van der Waals surface area contributed by atoms with Gasteiger partial charge in [0.05, 0.1) is 30.1 Å². The van der Waals surface area contributed by atoms with Crippen LogP contribution in [0.3, 0.4) is 0 Å². The van der Waals surface area contributed by atoms with Crippen molar-refractivity contribution in [3.8, 4) is 0 Å². The average molecular weight is 276 g/mol. The lowest BCUT2D eigenvalue weighted by atomic mass is 10.1. The molecule has 6 heteroatoms. The molecule has 0 aromatic heterocycles. The minimum Gasteiger partial charge on any atom is -0.394 e. The van der Waals surface area contributed by atoms with Crippen molar-refractivity contribution in [3.05, 3.63) is 29.3 Å². The van der Waals surface area contributed by atoms with Gasteiger partial charge in [0.2, 0.25) is 0 Å². The van der Waals surface area contributed by atoms with Gasteiger partial charge < -0.3 is 15.8 Å². The Hall–Kier alpha value is -2.21. The number of nitrogens with zero attached hydrogens (tertiary/aromatic N) is 1. The summed E-state index contributed by atoms with van der Waals surface area (Å²) in [5.74, 6) is -0.262. The molecule has 1 unspecified atom stereocenters. The van der Waals surface area contributed by atoms with Crippen molar-refractivity contribution in [2.45, 2.75) is 26.3 Å². The van der Waals surface area contributed by atoms with Crippen LogP contribution >= 0.6 is 0 Å². The van der Waals surface area contributed by atoms with Gasteiger partial charge in [-0.05, 0) is 25.5 Å². The molecule has 0 heterocycles. The molecule has 0 spiro atoms. The number of hydrogen-bond acceptors (Lipinski definition) is 5. The first-order valence-electron chi connectivity index (χ1n) is 6.42. The highest BCUT2D eigenvalue weighted by Crippen LogP contribution is 2.17. The molecule has 0 fully saturated rings. The Kier molecular flexibility index (Phi) is 6.39. The number of hydrogen-bond donors (Lipinski definition) is 4. The summed E-state index contributed by atoms with van der Waals surface area (Å²) in [7, 11) is 0. The quantitative estimate of drug-likeness (QED) is 0.449. The number of rotatable bonds is 7. The lowest BCUT2D eigenvalue weighted by molar-refractivity contribution is 0.0915. The van der Waals surface area contributed by atoms with Gasteiger partial charge in [-0.2, -0.15) is 5.10 Å². The predicted octanol–water partition coefficient (Wildman–Crippen LogP) is 1.54. The molecule has 0 radical (unpaired) electrons. The molecule has 0 aliphatic rings. The maximum absolute atomic E-state index is 12.2. The Morgan fingerprint density at radius 2 is 2.30 bits per heavy atom. The summed E-state index contributed by atoms with van der Waals surface area (Å²) in [6, 6.07) is 5.11. The summed E-state index contributed by atoms with van der Waals surface area (Å²) in [6.07, 6.45) is 2.98. The monoisotopic (exact) mass is 276 g/mol. The first kappa shape index (κ1) is 15.8. The zero-order valence-electron chi connectivity index (χ0n) is 11.7. The fraction of sp³-hybridized carbons (Fsp3) is 0.357. The van der Waals surface area contributed by atoms with Gasteiger partial charge in [0, 0.05) is 6.21 Å². The number of amides is 1. The summed E-state index contributed by atoms with van der Waals surface area (Å²) in [6.45, 7) is 3.69.